The number of benzene rings is 5. The third-order valence-corrected chi connectivity index (χ3v) is 8.27. The van der Waals surface area contributed by atoms with Crippen LogP contribution in [0.25, 0.3) is 66.7 Å². The molecule has 0 amide bonds. The molecule has 50 heavy (non-hydrogen) atoms. The molecular weight excluding hydrogens is 791 g/mol. The van der Waals surface area contributed by atoms with Gasteiger partial charge in [0.05, 0.1) is 22.4 Å². The van der Waals surface area contributed by atoms with Gasteiger partial charge in [-0.25, -0.2) is 0 Å². The SMILES string of the molecule is CC(C)(C)n1c(-c2[c-]cccc2)nc2ccccc21.[2H]C([2H])(c1ccc(-c2ccnc(-c3[c-]ccc4c3oc3ccccc34)c2)cc1)C(C)(C)C.[Ir]. The van der Waals surface area contributed by atoms with E-state index in [4.69, 9.17) is 12.1 Å². The van der Waals surface area contributed by atoms with Crippen LogP contribution in [0.3, 0.4) is 0 Å². The fraction of sp³-hybridized carbons (Fsp3) is 0.200. The summed E-state index contributed by atoms with van der Waals surface area (Å²) in [6.45, 7) is 12.4. The molecule has 8 aromatic rings. The molecule has 0 aliphatic rings. The maximum Gasteiger partial charge on any atom is 0.120 e. The molecule has 8 rings (SSSR count). The molecule has 0 saturated heterocycles. The molecule has 0 spiro atoms. The standard InChI is InChI=1S/C28H24NO.C17H17N2.Ir/c1-28(2,3)18-19-11-13-20(14-12-19)21-15-16-29-25(17-21)24-9-6-8-23-22-7-4-5-10-26(22)30-27(23)24;1-17(2,3)19-15-12-8-7-11-14(15)18-16(19)13-9-5-4-6-10-13;/h4-8,10-17H,18H2,1-3H3;4-9,11-12H,1-3H3;/q2*-1;/i18D2;;. The van der Waals surface area contributed by atoms with Crippen LogP contribution in [-0.4, -0.2) is 14.5 Å². The van der Waals surface area contributed by atoms with Crippen LogP contribution in [0.5, 0.6) is 0 Å². The van der Waals surface area contributed by atoms with Gasteiger partial charge in [-0.15, -0.1) is 54.1 Å². The van der Waals surface area contributed by atoms with E-state index in [1.54, 1.807) is 6.20 Å². The summed E-state index contributed by atoms with van der Waals surface area (Å²) >= 11 is 0. The summed E-state index contributed by atoms with van der Waals surface area (Å²) in [7, 11) is 0. The first-order chi connectivity index (χ1) is 24.3. The Labute approximate surface area is 311 Å². The van der Waals surface area contributed by atoms with Gasteiger partial charge in [-0.2, -0.15) is 0 Å². The summed E-state index contributed by atoms with van der Waals surface area (Å²) in [5, 5.41) is 2.13. The zero-order valence-corrected chi connectivity index (χ0v) is 31.6. The summed E-state index contributed by atoms with van der Waals surface area (Å²) in [6, 6.07) is 46.5. The van der Waals surface area contributed by atoms with Gasteiger partial charge in [0, 0.05) is 40.0 Å². The van der Waals surface area contributed by atoms with Gasteiger partial charge in [0.15, 0.2) is 0 Å². The minimum Gasteiger partial charge on any atom is -0.501 e. The number of hydrogen-bond acceptors (Lipinski definition) is 3. The third-order valence-electron chi connectivity index (χ3n) is 8.27. The van der Waals surface area contributed by atoms with Gasteiger partial charge in [-0.05, 0) is 79.2 Å². The van der Waals surface area contributed by atoms with Crippen molar-refractivity contribution in [3.05, 3.63) is 145 Å². The van der Waals surface area contributed by atoms with Crippen LogP contribution in [0.4, 0.5) is 0 Å². The van der Waals surface area contributed by atoms with E-state index in [1.807, 2.05) is 112 Å². The molecule has 3 aromatic heterocycles. The van der Waals surface area contributed by atoms with E-state index in [1.165, 1.54) is 5.52 Å². The number of nitrogens with zero attached hydrogens (tertiary/aromatic N) is 3. The fourth-order valence-electron chi connectivity index (χ4n) is 6.22. The molecule has 5 heteroatoms. The fourth-order valence-corrected chi connectivity index (χ4v) is 6.22. The normalized spacial score (nSPS) is 12.6. The molecule has 3 heterocycles. The molecule has 0 unspecified atom stereocenters. The van der Waals surface area contributed by atoms with Crippen molar-refractivity contribution in [3.63, 3.8) is 0 Å². The van der Waals surface area contributed by atoms with Crippen molar-refractivity contribution in [2.75, 3.05) is 0 Å². The maximum absolute atomic E-state index is 8.51. The zero-order valence-electron chi connectivity index (χ0n) is 31.2. The monoisotopic (exact) mass is 834 g/mol. The summed E-state index contributed by atoms with van der Waals surface area (Å²) in [6.07, 6.45) is 0.378. The number of aromatic nitrogens is 3. The van der Waals surface area contributed by atoms with Gasteiger partial charge in [-0.3, -0.25) is 4.98 Å². The first-order valence-electron chi connectivity index (χ1n) is 17.7. The van der Waals surface area contributed by atoms with Gasteiger partial charge in [0.25, 0.3) is 0 Å². The van der Waals surface area contributed by atoms with Crippen LogP contribution in [0, 0.1) is 17.5 Å². The maximum atomic E-state index is 8.51. The minimum absolute atomic E-state index is 0. The average Bonchev–Trinajstić information content (AvgIpc) is 3.71. The van der Waals surface area contributed by atoms with Crippen LogP contribution in [-0.2, 0) is 32.0 Å². The van der Waals surface area contributed by atoms with Gasteiger partial charge >= 0.3 is 0 Å². The van der Waals surface area contributed by atoms with Crippen LogP contribution >= 0.6 is 0 Å². The molecule has 1 radical (unpaired) electrons. The van der Waals surface area contributed by atoms with Gasteiger partial charge < -0.3 is 14.0 Å². The van der Waals surface area contributed by atoms with E-state index in [-0.39, 0.29) is 25.6 Å². The Morgan fingerprint density at radius 1 is 0.740 bits per heavy atom. The predicted molar refractivity (Wildman–Crippen MR) is 203 cm³/mol. The van der Waals surface area contributed by atoms with Crippen molar-refractivity contribution in [1.29, 1.82) is 0 Å². The Balaban J connectivity index is 0.000000198. The molecule has 0 atom stereocenters. The molecule has 0 aliphatic carbocycles. The van der Waals surface area contributed by atoms with Crippen molar-refractivity contribution >= 4 is 33.0 Å². The summed E-state index contributed by atoms with van der Waals surface area (Å²) < 4.78 is 25.5. The minimum atomic E-state index is -1.42. The van der Waals surface area contributed by atoms with Crippen molar-refractivity contribution in [2.45, 2.75) is 53.5 Å². The molecule has 0 N–H and O–H groups in total. The number of pyridine rings is 1. The summed E-state index contributed by atoms with van der Waals surface area (Å²) in [5.41, 5.74) is 8.70. The van der Waals surface area contributed by atoms with Gasteiger partial charge in [-0.1, -0.05) is 92.4 Å². The molecule has 0 aliphatic heterocycles. The van der Waals surface area contributed by atoms with Crippen LogP contribution in [0.15, 0.2) is 132 Å². The second-order valence-corrected chi connectivity index (χ2v) is 14.3. The predicted octanol–water partition coefficient (Wildman–Crippen LogP) is 12.0. The molecule has 5 aromatic carbocycles. The molecule has 4 nitrogen and oxygen atoms in total. The number of para-hydroxylation sites is 3. The van der Waals surface area contributed by atoms with Crippen LogP contribution < -0.4 is 0 Å². The molecular formula is C45H41IrN3O-2. The number of imidazole rings is 1. The Hall–Kier alpha value is -4.83. The Morgan fingerprint density at radius 3 is 2.22 bits per heavy atom. The molecule has 0 fully saturated rings. The van der Waals surface area contributed by atoms with Crippen molar-refractivity contribution in [2.24, 2.45) is 5.41 Å². The third kappa shape index (κ3) is 7.35. The van der Waals surface area contributed by atoms with Crippen LogP contribution in [0.1, 0.15) is 49.8 Å². The second kappa shape index (κ2) is 14.2. The van der Waals surface area contributed by atoms with E-state index >= 15 is 0 Å². The van der Waals surface area contributed by atoms with E-state index in [9.17, 15) is 0 Å². The van der Waals surface area contributed by atoms with Gasteiger partial charge in [0.1, 0.15) is 5.58 Å². The second-order valence-electron chi connectivity index (χ2n) is 14.3. The van der Waals surface area contributed by atoms with E-state index < -0.39 is 11.8 Å². The topological polar surface area (TPSA) is 43.9 Å². The Morgan fingerprint density at radius 2 is 1.48 bits per heavy atom. The largest absolute Gasteiger partial charge is 0.501 e. The average molecular weight is 834 g/mol. The van der Waals surface area contributed by atoms with Crippen molar-refractivity contribution in [1.82, 2.24) is 14.5 Å². The number of fused-ring (bicyclic) bond motifs is 4. The number of hydrogen-bond donors (Lipinski definition) is 0. The first-order valence-corrected chi connectivity index (χ1v) is 16.7. The summed E-state index contributed by atoms with van der Waals surface area (Å²) in [5.74, 6) is 0.981. The van der Waals surface area contributed by atoms with Crippen LogP contribution in [0.2, 0.25) is 0 Å². The van der Waals surface area contributed by atoms with Crippen molar-refractivity contribution in [3.8, 4) is 33.8 Å². The van der Waals surface area contributed by atoms with E-state index in [0.717, 1.165) is 61.2 Å². The van der Waals surface area contributed by atoms with Crippen molar-refractivity contribution < 1.29 is 27.3 Å². The number of furan rings is 1. The molecule has 0 saturated carbocycles. The quantitative estimate of drug-likeness (QED) is 0.166. The summed E-state index contributed by atoms with van der Waals surface area (Å²) in [4.78, 5) is 9.37. The molecule has 0 bridgehead atoms. The first kappa shape index (κ1) is 32.4. The van der Waals surface area contributed by atoms with E-state index in [0.29, 0.717) is 5.56 Å². The van der Waals surface area contributed by atoms with Gasteiger partial charge in [0.2, 0.25) is 0 Å². The number of rotatable bonds is 4. The Kier molecular flexibility index (Phi) is 9.19. The zero-order chi connectivity index (χ0) is 36.0. The smallest absolute Gasteiger partial charge is 0.120 e. The van der Waals surface area contributed by atoms with E-state index in [2.05, 4.69) is 72.8 Å². The molecule has 253 valence electrons. The Bertz CT molecular complexity index is 2470.